The van der Waals surface area contributed by atoms with E-state index in [4.69, 9.17) is 10.8 Å². The van der Waals surface area contributed by atoms with Crippen LogP contribution in [0.2, 0.25) is 0 Å². The van der Waals surface area contributed by atoms with Crippen molar-refractivity contribution in [3.05, 3.63) is 0 Å². The second-order valence-corrected chi connectivity index (χ2v) is 2.57. The van der Waals surface area contributed by atoms with E-state index in [2.05, 4.69) is 4.74 Å². The Balaban J connectivity index is 4.07. The highest BCUT2D eigenvalue weighted by molar-refractivity contribution is 5.93. The van der Waals surface area contributed by atoms with E-state index in [0.717, 1.165) is 0 Å². The highest BCUT2D eigenvalue weighted by atomic mass is 16.5. The highest BCUT2D eigenvalue weighted by Crippen LogP contribution is 2.08. The van der Waals surface area contributed by atoms with Crippen LogP contribution >= 0.6 is 0 Å². The molecule has 0 aliphatic carbocycles. The second-order valence-electron chi connectivity index (χ2n) is 2.57. The van der Waals surface area contributed by atoms with Crippen molar-refractivity contribution in [2.45, 2.75) is 19.8 Å². The van der Waals surface area contributed by atoms with E-state index in [1.807, 2.05) is 0 Å². The van der Waals surface area contributed by atoms with Gasteiger partial charge < -0.3 is 15.6 Å². The molecule has 0 heterocycles. The summed E-state index contributed by atoms with van der Waals surface area (Å²) >= 11 is 0. The fourth-order valence-electron chi connectivity index (χ4n) is 0.907. The van der Waals surface area contributed by atoms with Crippen LogP contribution in [0.25, 0.3) is 0 Å². The number of aliphatic carboxylic acids is 1. The molecule has 0 aliphatic rings. The van der Waals surface area contributed by atoms with Crippen molar-refractivity contribution in [2.75, 3.05) is 13.2 Å². The maximum absolute atomic E-state index is 11.0. The third-order valence-electron chi connectivity index (χ3n) is 1.57. The van der Waals surface area contributed by atoms with Crippen LogP contribution in [0.3, 0.4) is 0 Å². The molecule has 0 saturated heterocycles. The van der Waals surface area contributed by atoms with Crippen molar-refractivity contribution in [3.63, 3.8) is 0 Å². The van der Waals surface area contributed by atoms with E-state index in [1.165, 1.54) is 0 Å². The Labute approximate surface area is 76.9 Å². The zero-order valence-electron chi connectivity index (χ0n) is 7.66. The standard InChI is InChI=1S/C8H15NO4/c1-2-13-8(12)6(7(10)11)4-3-5-9/h6H,2-5,9H2,1H3,(H,10,11). The van der Waals surface area contributed by atoms with Gasteiger partial charge in [0.05, 0.1) is 6.61 Å². The van der Waals surface area contributed by atoms with Crippen LogP contribution in [-0.4, -0.2) is 30.2 Å². The molecule has 0 rings (SSSR count). The molecule has 0 aliphatic heterocycles. The molecule has 76 valence electrons. The molecule has 0 fully saturated rings. The summed E-state index contributed by atoms with van der Waals surface area (Å²) in [6.07, 6.45) is 0.750. The predicted molar refractivity (Wildman–Crippen MR) is 46.0 cm³/mol. The number of carboxylic acid groups (broad SMARTS) is 1. The molecule has 0 aromatic carbocycles. The molecule has 3 N–H and O–H groups in total. The van der Waals surface area contributed by atoms with Gasteiger partial charge in [-0.25, -0.2) is 0 Å². The van der Waals surface area contributed by atoms with Gasteiger partial charge in [-0.2, -0.15) is 0 Å². The summed E-state index contributed by atoms with van der Waals surface area (Å²) in [7, 11) is 0. The third kappa shape index (κ3) is 4.47. The lowest BCUT2D eigenvalue weighted by atomic mass is 10.0. The van der Waals surface area contributed by atoms with Gasteiger partial charge in [0.25, 0.3) is 0 Å². The van der Waals surface area contributed by atoms with Crippen LogP contribution in [0.5, 0.6) is 0 Å². The summed E-state index contributed by atoms with van der Waals surface area (Å²) in [5.74, 6) is -2.89. The first-order valence-electron chi connectivity index (χ1n) is 4.23. The molecular formula is C8H15NO4. The SMILES string of the molecule is CCOC(=O)C(CCCN)C(=O)O. The molecule has 0 amide bonds. The maximum Gasteiger partial charge on any atom is 0.320 e. The first-order chi connectivity index (χ1) is 6.13. The first kappa shape index (κ1) is 11.9. The number of rotatable bonds is 6. The fourth-order valence-corrected chi connectivity index (χ4v) is 0.907. The number of nitrogens with two attached hydrogens (primary N) is 1. The van der Waals surface area contributed by atoms with Gasteiger partial charge in [0.15, 0.2) is 5.92 Å². The molecule has 1 atom stereocenters. The summed E-state index contributed by atoms with van der Waals surface area (Å²) in [6, 6.07) is 0. The predicted octanol–water partition coefficient (Wildman–Crippen LogP) is -0.0108. The minimum Gasteiger partial charge on any atom is -0.481 e. The Morgan fingerprint density at radius 1 is 1.54 bits per heavy atom. The van der Waals surface area contributed by atoms with Crippen LogP contribution in [0.4, 0.5) is 0 Å². The number of esters is 1. The van der Waals surface area contributed by atoms with Crippen molar-refractivity contribution in [3.8, 4) is 0 Å². The lowest BCUT2D eigenvalue weighted by Crippen LogP contribution is -2.26. The number of hydrogen-bond donors (Lipinski definition) is 2. The largest absolute Gasteiger partial charge is 0.481 e. The monoisotopic (exact) mass is 189 g/mol. The zero-order valence-corrected chi connectivity index (χ0v) is 7.66. The van der Waals surface area contributed by atoms with Gasteiger partial charge in [0.2, 0.25) is 0 Å². The molecule has 0 saturated carbocycles. The number of ether oxygens (including phenoxy) is 1. The maximum atomic E-state index is 11.0. The van der Waals surface area contributed by atoms with Gasteiger partial charge in [-0.15, -0.1) is 0 Å². The van der Waals surface area contributed by atoms with Crippen molar-refractivity contribution in [1.29, 1.82) is 0 Å². The van der Waals surface area contributed by atoms with Crippen molar-refractivity contribution < 1.29 is 19.4 Å². The summed E-state index contributed by atoms with van der Waals surface area (Å²) < 4.78 is 4.60. The topological polar surface area (TPSA) is 89.6 Å². The minimum absolute atomic E-state index is 0.200. The average molecular weight is 189 g/mol. The molecule has 5 heteroatoms. The fraction of sp³-hybridized carbons (Fsp3) is 0.750. The molecule has 0 radical (unpaired) electrons. The third-order valence-corrected chi connectivity index (χ3v) is 1.57. The van der Waals surface area contributed by atoms with Crippen LogP contribution < -0.4 is 5.73 Å². The van der Waals surface area contributed by atoms with Gasteiger partial charge in [-0.3, -0.25) is 9.59 Å². The molecule has 5 nitrogen and oxygen atoms in total. The Morgan fingerprint density at radius 2 is 2.15 bits per heavy atom. The zero-order chi connectivity index (χ0) is 10.3. The summed E-state index contributed by atoms with van der Waals surface area (Å²) in [5.41, 5.74) is 5.21. The van der Waals surface area contributed by atoms with Crippen LogP contribution in [-0.2, 0) is 14.3 Å². The average Bonchev–Trinajstić information content (AvgIpc) is 2.05. The lowest BCUT2D eigenvalue weighted by Gasteiger charge is -2.09. The van der Waals surface area contributed by atoms with Gasteiger partial charge in [0, 0.05) is 0 Å². The summed E-state index contributed by atoms with van der Waals surface area (Å²) in [5, 5.41) is 8.66. The highest BCUT2D eigenvalue weighted by Gasteiger charge is 2.26. The molecule has 13 heavy (non-hydrogen) atoms. The van der Waals surface area contributed by atoms with Crippen LogP contribution in [0.1, 0.15) is 19.8 Å². The van der Waals surface area contributed by atoms with E-state index >= 15 is 0 Å². The number of carbonyl (C=O) groups is 2. The Bertz CT molecular complexity index is 181. The summed E-state index contributed by atoms with van der Waals surface area (Å²) in [4.78, 5) is 21.6. The molecular weight excluding hydrogens is 174 g/mol. The number of hydrogen-bond acceptors (Lipinski definition) is 4. The normalized spacial score (nSPS) is 12.2. The Kier molecular flexibility index (Phi) is 5.88. The quantitative estimate of drug-likeness (QED) is 0.453. The molecule has 1 unspecified atom stereocenters. The Morgan fingerprint density at radius 3 is 2.54 bits per heavy atom. The van der Waals surface area contributed by atoms with Crippen LogP contribution in [0.15, 0.2) is 0 Å². The Hall–Kier alpha value is -1.10. The molecule has 0 bridgehead atoms. The van der Waals surface area contributed by atoms with Gasteiger partial charge in [0.1, 0.15) is 0 Å². The van der Waals surface area contributed by atoms with Gasteiger partial charge in [-0.05, 0) is 26.3 Å². The van der Waals surface area contributed by atoms with E-state index in [1.54, 1.807) is 6.92 Å². The number of carboxylic acids is 1. The first-order valence-corrected chi connectivity index (χ1v) is 4.23. The van der Waals surface area contributed by atoms with E-state index in [-0.39, 0.29) is 13.0 Å². The van der Waals surface area contributed by atoms with Crippen molar-refractivity contribution >= 4 is 11.9 Å². The number of carbonyl (C=O) groups excluding carboxylic acids is 1. The van der Waals surface area contributed by atoms with Crippen LogP contribution in [0, 0.1) is 5.92 Å². The van der Waals surface area contributed by atoms with Crippen molar-refractivity contribution in [2.24, 2.45) is 11.7 Å². The van der Waals surface area contributed by atoms with Gasteiger partial charge >= 0.3 is 11.9 Å². The smallest absolute Gasteiger partial charge is 0.320 e. The minimum atomic E-state index is -1.15. The second kappa shape index (κ2) is 6.42. The van der Waals surface area contributed by atoms with E-state index < -0.39 is 17.9 Å². The molecule has 0 spiro atoms. The van der Waals surface area contributed by atoms with E-state index in [0.29, 0.717) is 13.0 Å². The summed E-state index contributed by atoms with van der Waals surface area (Å²) in [6.45, 7) is 2.22. The molecule has 0 aromatic heterocycles. The van der Waals surface area contributed by atoms with E-state index in [9.17, 15) is 9.59 Å². The van der Waals surface area contributed by atoms with Gasteiger partial charge in [-0.1, -0.05) is 0 Å². The van der Waals surface area contributed by atoms with Crippen molar-refractivity contribution in [1.82, 2.24) is 0 Å². The molecule has 0 aromatic rings. The lowest BCUT2D eigenvalue weighted by molar-refractivity contribution is -0.158.